The fraction of sp³-hybridized carbons (Fsp3) is 0.882. The van der Waals surface area contributed by atoms with Crippen molar-refractivity contribution in [1.82, 2.24) is 15.1 Å². The quantitative estimate of drug-likeness (QED) is 0.717. The molecule has 2 unspecified atom stereocenters. The maximum absolute atomic E-state index is 12.4. The highest BCUT2D eigenvalue weighted by Crippen LogP contribution is 2.17. The summed E-state index contributed by atoms with van der Waals surface area (Å²) in [7, 11) is 0. The van der Waals surface area contributed by atoms with E-state index >= 15 is 0 Å². The molecule has 0 spiro atoms. The third-order valence-electron chi connectivity index (χ3n) is 4.62. The number of likely N-dealkylation sites (N-methyl/N-ethyl adjacent to an activating group) is 1. The third-order valence-corrected chi connectivity index (χ3v) is 4.62. The smallest absolute Gasteiger partial charge is 0.317 e. The number of likely N-dealkylation sites (tertiary alicyclic amines) is 1. The van der Waals surface area contributed by atoms with Crippen molar-refractivity contribution in [3.05, 3.63) is 0 Å². The number of rotatable bonds is 8. The van der Waals surface area contributed by atoms with E-state index < -0.39 is 11.9 Å². The van der Waals surface area contributed by atoms with Gasteiger partial charge in [0.1, 0.15) is 0 Å². The van der Waals surface area contributed by atoms with Gasteiger partial charge in [-0.25, -0.2) is 4.79 Å². The Morgan fingerprint density at radius 3 is 2.48 bits per heavy atom. The fourth-order valence-corrected chi connectivity index (χ4v) is 3.33. The van der Waals surface area contributed by atoms with Gasteiger partial charge < -0.3 is 15.3 Å². The lowest BCUT2D eigenvalue weighted by atomic mass is 9.98. The van der Waals surface area contributed by atoms with Gasteiger partial charge >= 0.3 is 12.0 Å². The van der Waals surface area contributed by atoms with Crippen molar-refractivity contribution in [1.29, 1.82) is 0 Å². The molecule has 1 saturated heterocycles. The van der Waals surface area contributed by atoms with Gasteiger partial charge in [0, 0.05) is 25.7 Å². The van der Waals surface area contributed by atoms with Gasteiger partial charge in [0.05, 0.1) is 5.92 Å². The number of carbonyl (C=O) groups excluding carboxylic acids is 1. The van der Waals surface area contributed by atoms with Crippen LogP contribution in [0.3, 0.4) is 0 Å². The minimum absolute atomic E-state index is 0.128. The van der Waals surface area contributed by atoms with E-state index in [0.717, 1.165) is 25.9 Å². The van der Waals surface area contributed by atoms with Crippen LogP contribution >= 0.6 is 0 Å². The molecule has 134 valence electrons. The number of carboxylic acids is 1. The van der Waals surface area contributed by atoms with Gasteiger partial charge in [0.25, 0.3) is 0 Å². The van der Waals surface area contributed by atoms with E-state index in [1.807, 2.05) is 0 Å². The number of nitrogens with zero attached hydrogens (tertiary/aromatic N) is 2. The van der Waals surface area contributed by atoms with Crippen molar-refractivity contribution >= 4 is 12.0 Å². The van der Waals surface area contributed by atoms with Crippen LogP contribution in [-0.4, -0.2) is 65.7 Å². The van der Waals surface area contributed by atoms with Crippen LogP contribution < -0.4 is 5.32 Å². The minimum Gasteiger partial charge on any atom is -0.481 e. The molecule has 2 atom stereocenters. The van der Waals surface area contributed by atoms with Gasteiger partial charge in [-0.3, -0.25) is 9.69 Å². The number of piperidine rings is 1. The first-order chi connectivity index (χ1) is 10.9. The lowest BCUT2D eigenvalue weighted by Crippen LogP contribution is -2.51. The summed E-state index contributed by atoms with van der Waals surface area (Å²) >= 11 is 0. The van der Waals surface area contributed by atoms with E-state index in [-0.39, 0.29) is 6.03 Å². The van der Waals surface area contributed by atoms with Crippen LogP contribution in [0, 0.1) is 11.8 Å². The second kappa shape index (κ2) is 9.75. The second-order valence-corrected chi connectivity index (χ2v) is 6.81. The lowest BCUT2D eigenvalue weighted by molar-refractivity contribution is -0.143. The van der Waals surface area contributed by atoms with Crippen molar-refractivity contribution < 1.29 is 14.7 Å². The van der Waals surface area contributed by atoms with Crippen LogP contribution in [0.25, 0.3) is 0 Å². The SMILES string of the molecule is CCN(CC)C(CNC(=O)N1CCCC(C(=O)O)C1)CC(C)C. The molecule has 0 aromatic carbocycles. The Morgan fingerprint density at radius 1 is 1.30 bits per heavy atom. The Morgan fingerprint density at radius 2 is 1.96 bits per heavy atom. The highest BCUT2D eigenvalue weighted by atomic mass is 16.4. The van der Waals surface area contributed by atoms with E-state index in [0.29, 0.717) is 38.0 Å². The molecule has 1 aliphatic rings. The molecule has 0 aliphatic carbocycles. The molecule has 2 amide bonds. The fourth-order valence-electron chi connectivity index (χ4n) is 3.33. The predicted molar refractivity (Wildman–Crippen MR) is 91.5 cm³/mol. The molecule has 0 bridgehead atoms. The van der Waals surface area contributed by atoms with Gasteiger partial charge in [-0.15, -0.1) is 0 Å². The number of hydrogen-bond donors (Lipinski definition) is 2. The first-order valence-corrected chi connectivity index (χ1v) is 8.88. The van der Waals surface area contributed by atoms with E-state index in [1.165, 1.54) is 0 Å². The van der Waals surface area contributed by atoms with E-state index in [4.69, 9.17) is 5.11 Å². The molecule has 2 N–H and O–H groups in total. The van der Waals surface area contributed by atoms with Gasteiger partial charge in [-0.2, -0.15) is 0 Å². The molecule has 6 heteroatoms. The molecule has 6 nitrogen and oxygen atoms in total. The van der Waals surface area contributed by atoms with E-state index in [1.54, 1.807) is 4.90 Å². The molecule has 0 aromatic rings. The van der Waals surface area contributed by atoms with Gasteiger partial charge in [0.15, 0.2) is 0 Å². The van der Waals surface area contributed by atoms with Crippen molar-refractivity contribution in [3.8, 4) is 0 Å². The normalized spacial score (nSPS) is 19.9. The van der Waals surface area contributed by atoms with Gasteiger partial charge in [-0.1, -0.05) is 27.7 Å². The molecule has 1 heterocycles. The summed E-state index contributed by atoms with van der Waals surface area (Å²) in [6.07, 6.45) is 2.46. The van der Waals surface area contributed by atoms with Crippen LogP contribution in [-0.2, 0) is 4.79 Å². The van der Waals surface area contributed by atoms with Crippen LogP contribution in [0.15, 0.2) is 0 Å². The zero-order valence-electron chi connectivity index (χ0n) is 15.0. The Labute approximate surface area is 140 Å². The molecule has 1 fully saturated rings. The van der Waals surface area contributed by atoms with Gasteiger partial charge in [0.2, 0.25) is 0 Å². The first kappa shape index (κ1) is 19.7. The topological polar surface area (TPSA) is 72.9 Å². The lowest BCUT2D eigenvalue weighted by Gasteiger charge is -2.34. The number of hydrogen-bond acceptors (Lipinski definition) is 3. The monoisotopic (exact) mass is 327 g/mol. The van der Waals surface area contributed by atoms with Crippen molar-refractivity contribution in [2.45, 2.75) is 53.0 Å². The third kappa shape index (κ3) is 6.37. The summed E-state index contributed by atoms with van der Waals surface area (Å²) in [5.74, 6) is -0.657. The van der Waals surface area contributed by atoms with Gasteiger partial charge in [-0.05, 0) is 38.3 Å². The number of carbonyl (C=O) groups is 2. The van der Waals surface area contributed by atoms with Crippen molar-refractivity contribution in [2.75, 3.05) is 32.7 Å². The molecule has 23 heavy (non-hydrogen) atoms. The highest BCUT2D eigenvalue weighted by molar-refractivity contribution is 5.76. The molecule has 0 radical (unpaired) electrons. The van der Waals surface area contributed by atoms with Crippen molar-refractivity contribution in [2.24, 2.45) is 11.8 Å². The summed E-state index contributed by atoms with van der Waals surface area (Å²) < 4.78 is 0. The average Bonchev–Trinajstić information content (AvgIpc) is 2.52. The molecule has 1 aliphatic heterocycles. The molecule has 0 saturated carbocycles. The molecule has 1 rings (SSSR count). The Kier molecular flexibility index (Phi) is 8.37. The standard InChI is InChI=1S/C17H33N3O3/c1-5-19(6-2)15(10-13(3)4)11-18-17(23)20-9-7-8-14(12-20)16(21)22/h13-15H,5-12H2,1-4H3,(H,18,23)(H,21,22). The van der Waals surface area contributed by atoms with Crippen LogP contribution in [0.2, 0.25) is 0 Å². The number of amides is 2. The minimum atomic E-state index is -0.802. The Bertz CT molecular complexity index is 383. The zero-order valence-corrected chi connectivity index (χ0v) is 15.0. The summed E-state index contributed by atoms with van der Waals surface area (Å²) in [4.78, 5) is 27.5. The molecule has 0 aromatic heterocycles. The maximum Gasteiger partial charge on any atom is 0.317 e. The number of urea groups is 1. The Hall–Kier alpha value is -1.30. The van der Waals surface area contributed by atoms with Crippen LogP contribution in [0.1, 0.15) is 47.0 Å². The summed E-state index contributed by atoms with van der Waals surface area (Å²) in [6, 6.07) is 0.200. The molecular weight excluding hydrogens is 294 g/mol. The highest BCUT2D eigenvalue weighted by Gasteiger charge is 2.28. The zero-order chi connectivity index (χ0) is 17.4. The summed E-state index contributed by atoms with van der Waals surface area (Å²) in [5.41, 5.74) is 0. The predicted octanol–water partition coefficient (Wildman–Crippen LogP) is 2.25. The summed E-state index contributed by atoms with van der Waals surface area (Å²) in [5, 5.41) is 12.1. The van der Waals surface area contributed by atoms with Crippen LogP contribution in [0.4, 0.5) is 4.79 Å². The van der Waals surface area contributed by atoms with Crippen molar-refractivity contribution in [3.63, 3.8) is 0 Å². The van der Waals surface area contributed by atoms with E-state index in [9.17, 15) is 9.59 Å². The van der Waals surface area contributed by atoms with E-state index in [2.05, 4.69) is 37.9 Å². The number of aliphatic carboxylic acids is 1. The number of carboxylic acid groups (broad SMARTS) is 1. The summed E-state index contributed by atoms with van der Waals surface area (Å²) in [6.45, 7) is 12.2. The Balaban J connectivity index is 2.55. The average molecular weight is 327 g/mol. The first-order valence-electron chi connectivity index (χ1n) is 8.88. The molecular formula is C17H33N3O3. The second-order valence-electron chi connectivity index (χ2n) is 6.81. The van der Waals surface area contributed by atoms with Crippen LogP contribution in [0.5, 0.6) is 0 Å². The largest absolute Gasteiger partial charge is 0.481 e. The number of nitrogens with one attached hydrogen (secondary N) is 1. The maximum atomic E-state index is 12.4.